The van der Waals surface area contributed by atoms with Gasteiger partial charge in [0, 0.05) is 57.7 Å². The number of guanidine groups is 1. The average Bonchev–Trinajstić information content (AvgIpc) is 3.18. The Morgan fingerprint density at radius 2 is 1.97 bits per heavy atom. The maximum Gasteiger partial charge on any atom is 0.225 e. The van der Waals surface area contributed by atoms with Crippen LogP contribution in [0.25, 0.3) is 0 Å². The molecule has 2 heterocycles. The Morgan fingerprint density at radius 1 is 1.13 bits per heavy atom. The van der Waals surface area contributed by atoms with Gasteiger partial charge in [-0.05, 0) is 29.2 Å². The second kappa shape index (κ2) is 9.64. The van der Waals surface area contributed by atoms with Crippen molar-refractivity contribution in [1.29, 1.82) is 0 Å². The van der Waals surface area contributed by atoms with Gasteiger partial charge in [0.2, 0.25) is 11.8 Å². The number of anilines is 1. The van der Waals surface area contributed by atoms with E-state index in [4.69, 9.17) is 0 Å². The Balaban J connectivity index is 1.32. The lowest BCUT2D eigenvalue weighted by atomic mass is 9.90. The van der Waals surface area contributed by atoms with E-state index in [-0.39, 0.29) is 17.7 Å². The molecule has 0 spiro atoms. The molecule has 0 saturated carbocycles. The van der Waals surface area contributed by atoms with Gasteiger partial charge in [0.1, 0.15) is 0 Å². The van der Waals surface area contributed by atoms with Gasteiger partial charge in [0.25, 0.3) is 0 Å². The Labute approximate surface area is 182 Å². The predicted molar refractivity (Wildman–Crippen MR) is 122 cm³/mol. The molecule has 0 aromatic heterocycles. The maximum atomic E-state index is 12.0. The summed E-state index contributed by atoms with van der Waals surface area (Å²) in [5, 5.41) is 9.64. The van der Waals surface area contributed by atoms with E-state index in [1.807, 2.05) is 29.2 Å². The fourth-order valence-electron chi connectivity index (χ4n) is 4.24. The summed E-state index contributed by atoms with van der Waals surface area (Å²) < 4.78 is 0. The quantitative estimate of drug-likeness (QED) is 0.496. The van der Waals surface area contributed by atoms with Gasteiger partial charge >= 0.3 is 0 Å². The molecule has 0 aliphatic carbocycles. The molecule has 2 aliphatic heterocycles. The monoisotopic (exact) mass is 419 g/mol. The van der Waals surface area contributed by atoms with E-state index in [0.717, 1.165) is 35.3 Å². The molecule has 1 atom stereocenters. The lowest BCUT2D eigenvalue weighted by Gasteiger charge is -2.26. The number of amides is 2. The maximum absolute atomic E-state index is 12.0. The molecule has 2 aliphatic rings. The molecule has 1 saturated heterocycles. The van der Waals surface area contributed by atoms with Gasteiger partial charge in [-0.2, -0.15) is 0 Å². The molecule has 0 bridgehead atoms. The summed E-state index contributed by atoms with van der Waals surface area (Å²) in [6.07, 6.45) is 2.07. The third kappa shape index (κ3) is 5.23. The van der Waals surface area contributed by atoms with E-state index in [1.54, 1.807) is 7.05 Å². The number of carbonyl (C=O) groups excluding carboxylic acids is 2. The van der Waals surface area contributed by atoms with Crippen LogP contribution in [0.4, 0.5) is 5.69 Å². The third-order valence-corrected chi connectivity index (χ3v) is 5.84. The lowest BCUT2D eigenvalue weighted by Crippen LogP contribution is -2.40. The second-order valence-corrected chi connectivity index (χ2v) is 8.08. The first kappa shape index (κ1) is 20.9. The Morgan fingerprint density at radius 3 is 2.77 bits per heavy atom. The van der Waals surface area contributed by atoms with Gasteiger partial charge in [0.15, 0.2) is 5.96 Å². The third-order valence-electron chi connectivity index (χ3n) is 5.84. The van der Waals surface area contributed by atoms with Crippen LogP contribution in [-0.4, -0.2) is 42.8 Å². The fraction of sp³-hybridized carbons (Fsp3) is 0.375. The van der Waals surface area contributed by atoms with Crippen molar-refractivity contribution in [2.45, 2.75) is 38.3 Å². The normalized spacial score (nSPS) is 18.5. The molecule has 4 rings (SSSR count). The van der Waals surface area contributed by atoms with Crippen molar-refractivity contribution in [3.8, 4) is 0 Å². The molecule has 1 unspecified atom stereocenters. The van der Waals surface area contributed by atoms with Crippen LogP contribution in [0.15, 0.2) is 53.5 Å². The van der Waals surface area contributed by atoms with Crippen molar-refractivity contribution >= 4 is 23.5 Å². The highest BCUT2D eigenvalue weighted by Gasteiger charge is 2.24. The van der Waals surface area contributed by atoms with Gasteiger partial charge in [-0.3, -0.25) is 14.6 Å². The number of nitrogens with one attached hydrogen (secondary N) is 3. The summed E-state index contributed by atoms with van der Waals surface area (Å²) in [6, 6.07) is 16.2. The number of para-hydroxylation sites is 1. The van der Waals surface area contributed by atoms with Crippen LogP contribution in [-0.2, 0) is 22.7 Å². The number of carbonyl (C=O) groups is 2. The number of benzene rings is 2. The minimum absolute atomic E-state index is 0.0433. The van der Waals surface area contributed by atoms with Crippen molar-refractivity contribution in [1.82, 2.24) is 15.5 Å². The molecule has 31 heavy (non-hydrogen) atoms. The minimum atomic E-state index is 0.0433. The van der Waals surface area contributed by atoms with Crippen LogP contribution in [0.5, 0.6) is 0 Å². The van der Waals surface area contributed by atoms with Crippen molar-refractivity contribution < 1.29 is 9.59 Å². The molecule has 162 valence electrons. The first-order valence-electron chi connectivity index (χ1n) is 10.8. The van der Waals surface area contributed by atoms with Crippen LogP contribution in [0.3, 0.4) is 0 Å². The van der Waals surface area contributed by atoms with Crippen molar-refractivity contribution in [3.05, 3.63) is 65.2 Å². The highest BCUT2D eigenvalue weighted by Crippen LogP contribution is 2.31. The molecular weight excluding hydrogens is 390 g/mol. The van der Waals surface area contributed by atoms with E-state index >= 15 is 0 Å². The van der Waals surface area contributed by atoms with E-state index in [1.165, 1.54) is 0 Å². The first-order valence-corrected chi connectivity index (χ1v) is 10.8. The summed E-state index contributed by atoms with van der Waals surface area (Å²) in [4.78, 5) is 30.2. The summed E-state index contributed by atoms with van der Waals surface area (Å²) >= 11 is 0. The molecule has 3 N–H and O–H groups in total. The number of hydrogen-bond acceptors (Lipinski definition) is 3. The van der Waals surface area contributed by atoms with E-state index in [2.05, 4.69) is 45.2 Å². The number of hydrogen-bond donors (Lipinski definition) is 3. The number of nitrogens with zero attached hydrogens (tertiary/aromatic N) is 2. The van der Waals surface area contributed by atoms with E-state index < -0.39 is 0 Å². The molecule has 1 fully saturated rings. The number of aliphatic imine (C=N–C) groups is 1. The molecule has 7 nitrogen and oxygen atoms in total. The number of fused-ring (bicyclic) bond motifs is 1. The number of rotatable bonds is 6. The van der Waals surface area contributed by atoms with Gasteiger partial charge in [-0.25, -0.2) is 0 Å². The van der Waals surface area contributed by atoms with Crippen LogP contribution < -0.4 is 16.0 Å². The fourth-order valence-corrected chi connectivity index (χ4v) is 4.24. The standard InChI is InChI=1S/C24H29N5O2/c1-25-24(27-15-19-13-22(30)28-21-9-3-2-8-20(19)21)26-14-17-6-4-7-18(12-17)16-29-11-5-10-23(29)31/h2-4,6-9,12,19H,5,10-11,13-16H2,1H3,(H,28,30)(H2,25,26,27). The summed E-state index contributed by atoms with van der Waals surface area (Å²) in [5.41, 5.74) is 4.31. The summed E-state index contributed by atoms with van der Waals surface area (Å²) in [7, 11) is 1.74. The summed E-state index contributed by atoms with van der Waals surface area (Å²) in [5.74, 6) is 1.08. The predicted octanol–water partition coefficient (Wildman–Crippen LogP) is 2.60. The molecule has 2 amide bonds. The van der Waals surface area contributed by atoms with Crippen LogP contribution >= 0.6 is 0 Å². The molecule has 2 aromatic carbocycles. The molecular formula is C24H29N5O2. The van der Waals surface area contributed by atoms with Gasteiger partial charge in [0.05, 0.1) is 0 Å². The minimum Gasteiger partial charge on any atom is -0.356 e. The largest absolute Gasteiger partial charge is 0.356 e. The Hall–Kier alpha value is -3.35. The van der Waals surface area contributed by atoms with E-state index in [9.17, 15) is 9.59 Å². The molecule has 2 aromatic rings. The van der Waals surface area contributed by atoms with Gasteiger partial charge < -0.3 is 20.9 Å². The van der Waals surface area contributed by atoms with Gasteiger partial charge in [-0.15, -0.1) is 0 Å². The van der Waals surface area contributed by atoms with Crippen LogP contribution in [0, 0.1) is 0 Å². The highest BCUT2D eigenvalue weighted by atomic mass is 16.2. The average molecular weight is 420 g/mol. The zero-order chi connectivity index (χ0) is 21.6. The highest BCUT2D eigenvalue weighted by molar-refractivity contribution is 5.94. The lowest BCUT2D eigenvalue weighted by molar-refractivity contribution is -0.128. The smallest absolute Gasteiger partial charge is 0.225 e. The van der Waals surface area contributed by atoms with Gasteiger partial charge in [-0.1, -0.05) is 42.5 Å². The van der Waals surface area contributed by atoms with E-state index in [0.29, 0.717) is 38.4 Å². The molecule has 0 radical (unpaired) electrons. The summed E-state index contributed by atoms with van der Waals surface area (Å²) in [6.45, 7) is 2.77. The second-order valence-electron chi connectivity index (χ2n) is 8.08. The first-order chi connectivity index (χ1) is 15.1. The van der Waals surface area contributed by atoms with Crippen molar-refractivity contribution in [2.75, 3.05) is 25.5 Å². The Bertz CT molecular complexity index is 987. The topological polar surface area (TPSA) is 85.8 Å². The van der Waals surface area contributed by atoms with Crippen LogP contribution in [0.1, 0.15) is 41.9 Å². The van der Waals surface area contributed by atoms with Crippen molar-refractivity contribution in [3.63, 3.8) is 0 Å². The van der Waals surface area contributed by atoms with Crippen molar-refractivity contribution in [2.24, 2.45) is 4.99 Å². The zero-order valence-corrected chi connectivity index (χ0v) is 17.9. The zero-order valence-electron chi connectivity index (χ0n) is 17.9. The number of likely N-dealkylation sites (tertiary alicyclic amines) is 1. The molecule has 7 heteroatoms. The SMILES string of the molecule is CN=C(NCc1cccc(CN2CCCC2=O)c1)NCC1CC(=O)Nc2ccccc21. The Kier molecular flexibility index (Phi) is 6.50. The van der Waals surface area contributed by atoms with Crippen LogP contribution in [0.2, 0.25) is 0 Å².